The van der Waals surface area contributed by atoms with Gasteiger partial charge in [0.1, 0.15) is 11.6 Å². The zero-order valence-electron chi connectivity index (χ0n) is 12.8. The summed E-state index contributed by atoms with van der Waals surface area (Å²) in [6.07, 6.45) is 7.72. The molecule has 0 saturated carbocycles. The number of pyridine rings is 2. The van der Waals surface area contributed by atoms with Gasteiger partial charge in [0.25, 0.3) is 0 Å². The number of halogens is 1. The van der Waals surface area contributed by atoms with Crippen LogP contribution in [0.1, 0.15) is 18.4 Å². The highest BCUT2D eigenvalue weighted by molar-refractivity contribution is 5.88. The number of amides is 2. The van der Waals surface area contributed by atoms with Crippen molar-refractivity contribution in [2.75, 3.05) is 18.4 Å². The van der Waals surface area contributed by atoms with Gasteiger partial charge in [-0.05, 0) is 48.9 Å². The Morgan fingerprint density at radius 2 is 2.09 bits per heavy atom. The van der Waals surface area contributed by atoms with E-state index < -0.39 is 5.82 Å². The van der Waals surface area contributed by atoms with Gasteiger partial charge in [-0.1, -0.05) is 6.07 Å². The topological polar surface area (TPSA) is 58.1 Å². The van der Waals surface area contributed by atoms with Crippen molar-refractivity contribution >= 4 is 11.8 Å². The summed E-state index contributed by atoms with van der Waals surface area (Å²) in [4.78, 5) is 22.0. The van der Waals surface area contributed by atoms with Crippen molar-refractivity contribution in [2.45, 2.75) is 19.3 Å². The second kappa shape index (κ2) is 7.17. The number of nitrogens with zero attached hydrogens (tertiary/aromatic N) is 3. The summed E-state index contributed by atoms with van der Waals surface area (Å²) in [6, 6.07) is 6.61. The molecular formula is C17H19FN4O. The van der Waals surface area contributed by atoms with Crippen molar-refractivity contribution in [3.8, 4) is 0 Å². The average Bonchev–Trinajstić information content (AvgIpc) is 2.58. The van der Waals surface area contributed by atoms with Crippen LogP contribution in [0.25, 0.3) is 0 Å². The van der Waals surface area contributed by atoms with Crippen LogP contribution in [0.4, 0.5) is 15.0 Å². The third kappa shape index (κ3) is 4.25. The Kier molecular flexibility index (Phi) is 4.80. The van der Waals surface area contributed by atoms with Crippen LogP contribution < -0.4 is 5.32 Å². The van der Waals surface area contributed by atoms with Crippen LogP contribution in [-0.2, 0) is 6.42 Å². The van der Waals surface area contributed by atoms with E-state index in [0.29, 0.717) is 11.7 Å². The van der Waals surface area contributed by atoms with E-state index in [-0.39, 0.29) is 6.03 Å². The molecule has 0 spiro atoms. The molecule has 2 aromatic heterocycles. The van der Waals surface area contributed by atoms with Crippen LogP contribution in [0.2, 0.25) is 0 Å². The van der Waals surface area contributed by atoms with Crippen LogP contribution in [0.5, 0.6) is 0 Å². The Labute approximate surface area is 134 Å². The van der Waals surface area contributed by atoms with Crippen molar-refractivity contribution in [3.63, 3.8) is 0 Å². The summed E-state index contributed by atoms with van der Waals surface area (Å²) < 4.78 is 12.8. The van der Waals surface area contributed by atoms with Gasteiger partial charge in [0.05, 0.1) is 6.20 Å². The lowest BCUT2D eigenvalue weighted by Crippen LogP contribution is -2.41. The molecule has 3 heterocycles. The number of carbonyl (C=O) groups is 1. The number of carbonyl (C=O) groups excluding carboxylic acids is 1. The minimum atomic E-state index is -0.417. The third-order valence-corrected chi connectivity index (χ3v) is 4.11. The summed E-state index contributed by atoms with van der Waals surface area (Å²) in [7, 11) is 0. The predicted molar refractivity (Wildman–Crippen MR) is 85.5 cm³/mol. The first kappa shape index (κ1) is 15.4. The van der Waals surface area contributed by atoms with Gasteiger partial charge < -0.3 is 4.90 Å². The predicted octanol–water partition coefficient (Wildman–Crippen LogP) is 3.10. The summed E-state index contributed by atoms with van der Waals surface area (Å²) in [5.41, 5.74) is 1.24. The minimum absolute atomic E-state index is 0.177. The van der Waals surface area contributed by atoms with Crippen molar-refractivity contribution < 1.29 is 9.18 Å². The van der Waals surface area contributed by atoms with Gasteiger partial charge in [0.15, 0.2) is 0 Å². The highest BCUT2D eigenvalue weighted by Crippen LogP contribution is 2.21. The Morgan fingerprint density at radius 1 is 1.26 bits per heavy atom. The van der Waals surface area contributed by atoms with Gasteiger partial charge >= 0.3 is 6.03 Å². The maximum absolute atomic E-state index is 12.8. The van der Waals surface area contributed by atoms with E-state index >= 15 is 0 Å². The lowest BCUT2D eigenvalue weighted by atomic mass is 9.91. The van der Waals surface area contributed by atoms with E-state index in [1.54, 1.807) is 11.1 Å². The van der Waals surface area contributed by atoms with Gasteiger partial charge in [0.2, 0.25) is 0 Å². The smallest absolute Gasteiger partial charge is 0.323 e. The standard InChI is InChI=1S/C17H19FN4O/c18-15-3-4-16(20-12-15)21-17(23)22-8-5-13(6-9-22)10-14-2-1-7-19-11-14/h1-4,7,11-13H,5-6,8-10H2,(H,20,21,23). The molecule has 1 saturated heterocycles. The van der Waals surface area contributed by atoms with Crippen molar-refractivity contribution in [1.29, 1.82) is 0 Å². The summed E-state index contributed by atoms with van der Waals surface area (Å²) in [5, 5.41) is 2.70. The molecule has 6 heteroatoms. The monoisotopic (exact) mass is 314 g/mol. The average molecular weight is 314 g/mol. The van der Waals surface area contributed by atoms with Gasteiger partial charge in [-0.3, -0.25) is 10.3 Å². The molecule has 1 fully saturated rings. The molecule has 120 valence electrons. The SMILES string of the molecule is O=C(Nc1ccc(F)cn1)N1CCC(Cc2cccnc2)CC1. The van der Waals surface area contributed by atoms with Crippen LogP contribution in [-0.4, -0.2) is 34.0 Å². The first-order chi connectivity index (χ1) is 11.2. The molecule has 2 amide bonds. The number of hydrogen-bond acceptors (Lipinski definition) is 3. The summed E-state index contributed by atoms with van der Waals surface area (Å²) >= 11 is 0. The Morgan fingerprint density at radius 3 is 2.74 bits per heavy atom. The molecule has 23 heavy (non-hydrogen) atoms. The van der Waals surface area contributed by atoms with E-state index in [0.717, 1.165) is 38.5 Å². The second-order valence-electron chi connectivity index (χ2n) is 5.79. The van der Waals surface area contributed by atoms with Crippen molar-refractivity contribution in [2.24, 2.45) is 5.92 Å². The lowest BCUT2D eigenvalue weighted by Gasteiger charge is -2.32. The molecule has 2 aromatic rings. The van der Waals surface area contributed by atoms with Gasteiger partial charge in [-0.25, -0.2) is 14.2 Å². The fourth-order valence-corrected chi connectivity index (χ4v) is 2.83. The lowest BCUT2D eigenvalue weighted by molar-refractivity contribution is 0.182. The van der Waals surface area contributed by atoms with Crippen LogP contribution in [0, 0.1) is 11.7 Å². The van der Waals surface area contributed by atoms with E-state index in [9.17, 15) is 9.18 Å². The molecule has 1 aliphatic rings. The summed E-state index contributed by atoms with van der Waals surface area (Å²) in [5.74, 6) is 0.528. The number of urea groups is 1. The molecule has 0 radical (unpaired) electrons. The second-order valence-corrected chi connectivity index (χ2v) is 5.79. The number of rotatable bonds is 3. The van der Waals surface area contributed by atoms with E-state index in [4.69, 9.17) is 0 Å². The number of likely N-dealkylation sites (tertiary alicyclic amines) is 1. The molecule has 0 aromatic carbocycles. The fourth-order valence-electron chi connectivity index (χ4n) is 2.83. The zero-order chi connectivity index (χ0) is 16.1. The molecule has 0 unspecified atom stereocenters. The number of hydrogen-bond donors (Lipinski definition) is 1. The quantitative estimate of drug-likeness (QED) is 0.947. The van der Waals surface area contributed by atoms with Crippen LogP contribution in [0.15, 0.2) is 42.9 Å². The molecule has 0 aliphatic carbocycles. The Hall–Kier alpha value is -2.50. The summed E-state index contributed by atoms with van der Waals surface area (Å²) in [6.45, 7) is 1.44. The Bertz CT molecular complexity index is 639. The first-order valence-electron chi connectivity index (χ1n) is 7.77. The normalized spacial score (nSPS) is 15.4. The van der Waals surface area contributed by atoms with Crippen LogP contribution >= 0.6 is 0 Å². The van der Waals surface area contributed by atoms with Gasteiger partial charge in [-0.2, -0.15) is 0 Å². The fraction of sp³-hybridized carbons (Fsp3) is 0.353. The highest BCUT2D eigenvalue weighted by Gasteiger charge is 2.23. The Balaban J connectivity index is 1.48. The van der Waals surface area contributed by atoms with E-state index in [2.05, 4.69) is 21.4 Å². The molecule has 1 N–H and O–H groups in total. The van der Waals surface area contributed by atoms with Gasteiger partial charge in [-0.15, -0.1) is 0 Å². The molecule has 0 bridgehead atoms. The number of aromatic nitrogens is 2. The maximum atomic E-state index is 12.8. The van der Waals surface area contributed by atoms with Crippen molar-refractivity contribution in [3.05, 3.63) is 54.2 Å². The van der Waals surface area contributed by atoms with Crippen molar-refractivity contribution in [1.82, 2.24) is 14.9 Å². The number of piperidine rings is 1. The molecule has 1 aliphatic heterocycles. The highest BCUT2D eigenvalue weighted by atomic mass is 19.1. The van der Waals surface area contributed by atoms with Gasteiger partial charge in [0, 0.05) is 25.5 Å². The van der Waals surface area contributed by atoms with E-state index in [1.807, 2.05) is 12.3 Å². The number of nitrogens with one attached hydrogen (secondary N) is 1. The molecule has 0 atom stereocenters. The zero-order valence-corrected chi connectivity index (χ0v) is 12.8. The third-order valence-electron chi connectivity index (χ3n) is 4.11. The maximum Gasteiger partial charge on any atom is 0.323 e. The largest absolute Gasteiger partial charge is 0.324 e. The first-order valence-corrected chi connectivity index (χ1v) is 7.77. The molecule has 3 rings (SSSR count). The minimum Gasteiger partial charge on any atom is -0.324 e. The number of anilines is 1. The molecular weight excluding hydrogens is 295 g/mol. The molecule has 5 nitrogen and oxygen atoms in total. The van der Waals surface area contributed by atoms with E-state index in [1.165, 1.54) is 17.7 Å². The van der Waals surface area contributed by atoms with Crippen LogP contribution in [0.3, 0.4) is 0 Å².